The van der Waals surface area contributed by atoms with E-state index >= 15 is 0 Å². The number of hydrogen-bond acceptors (Lipinski definition) is 0. The third-order valence-electron chi connectivity index (χ3n) is 12.0. The van der Waals surface area contributed by atoms with Gasteiger partial charge in [-0.2, -0.15) is 0 Å². The summed E-state index contributed by atoms with van der Waals surface area (Å²) < 4.78 is 0. The molecule has 5 aliphatic rings. The van der Waals surface area contributed by atoms with E-state index in [4.69, 9.17) is 0 Å². The SMILES string of the molecule is CCC1CC2C(C)CCCC2C1[Si]1(C2C(CC)CC3C(C)CCCC32)CCCC1. The molecule has 4 aliphatic carbocycles. The number of fused-ring (bicyclic) bond motifs is 2. The van der Waals surface area contributed by atoms with Crippen molar-refractivity contribution >= 4 is 8.07 Å². The van der Waals surface area contributed by atoms with Gasteiger partial charge in [-0.1, -0.05) is 104 Å². The summed E-state index contributed by atoms with van der Waals surface area (Å²) in [5, 5.41) is 0. The second-order valence-corrected chi connectivity index (χ2v) is 17.6. The van der Waals surface area contributed by atoms with Crippen LogP contribution in [0.2, 0.25) is 23.2 Å². The first-order valence-corrected chi connectivity index (χ1v) is 16.7. The Labute approximate surface area is 183 Å². The Hall–Kier alpha value is 0.217. The van der Waals surface area contributed by atoms with Gasteiger partial charge in [0, 0.05) is 0 Å². The van der Waals surface area contributed by atoms with Crippen LogP contribution in [0, 0.1) is 47.3 Å². The van der Waals surface area contributed by atoms with Crippen LogP contribution in [-0.2, 0) is 0 Å². The van der Waals surface area contributed by atoms with E-state index in [-0.39, 0.29) is 0 Å². The van der Waals surface area contributed by atoms with Crippen LogP contribution in [0.1, 0.15) is 105 Å². The van der Waals surface area contributed by atoms with Crippen LogP contribution >= 0.6 is 0 Å². The Kier molecular flexibility index (Phi) is 6.03. The molecule has 1 heterocycles. The van der Waals surface area contributed by atoms with Gasteiger partial charge in [0.1, 0.15) is 0 Å². The van der Waals surface area contributed by atoms with Crippen molar-refractivity contribution in [1.82, 2.24) is 0 Å². The molecule has 0 aromatic heterocycles. The molecule has 29 heavy (non-hydrogen) atoms. The summed E-state index contributed by atoms with van der Waals surface area (Å²) in [5.74, 6) is 8.86. The van der Waals surface area contributed by atoms with Crippen LogP contribution in [0.3, 0.4) is 0 Å². The van der Waals surface area contributed by atoms with Gasteiger partial charge in [0.25, 0.3) is 0 Å². The maximum absolute atomic E-state index is 2.64. The average molecular weight is 415 g/mol. The van der Waals surface area contributed by atoms with E-state index in [1.54, 1.807) is 76.3 Å². The third-order valence-corrected chi connectivity index (χ3v) is 19.0. The molecule has 166 valence electrons. The lowest BCUT2D eigenvalue weighted by atomic mass is 9.74. The van der Waals surface area contributed by atoms with Crippen LogP contribution < -0.4 is 0 Å². The molecule has 0 nitrogen and oxygen atoms in total. The first-order chi connectivity index (χ1) is 14.1. The molecule has 4 saturated carbocycles. The van der Waals surface area contributed by atoms with Crippen molar-refractivity contribution in [3.8, 4) is 0 Å². The van der Waals surface area contributed by atoms with Crippen molar-refractivity contribution in [2.75, 3.05) is 0 Å². The van der Waals surface area contributed by atoms with Gasteiger partial charge in [0.2, 0.25) is 0 Å². The molecule has 5 rings (SSSR count). The number of rotatable bonds is 4. The quantitative estimate of drug-likeness (QED) is 0.403. The van der Waals surface area contributed by atoms with E-state index in [9.17, 15) is 0 Å². The molecule has 10 unspecified atom stereocenters. The highest BCUT2D eigenvalue weighted by atomic mass is 28.3. The molecule has 0 bridgehead atoms. The standard InChI is InChI=1S/C28H50Si/c1-5-21-17-25-19(3)11-9-13-23(25)27(21)29(15-7-8-16-29)28-22(6-2)18-26-20(4)12-10-14-24(26)28/h19-28H,5-18H2,1-4H3. The highest BCUT2D eigenvalue weighted by Gasteiger charge is 2.63. The molecular formula is C28H50Si. The van der Waals surface area contributed by atoms with E-state index in [1.165, 1.54) is 23.9 Å². The van der Waals surface area contributed by atoms with E-state index in [1.807, 2.05) is 0 Å². The maximum Gasteiger partial charge on any atom is 0.0609 e. The lowest BCUT2D eigenvalue weighted by Crippen LogP contribution is -2.50. The minimum Gasteiger partial charge on any atom is -0.0651 e. The third kappa shape index (κ3) is 3.25. The summed E-state index contributed by atoms with van der Waals surface area (Å²) in [6.07, 6.45) is 19.0. The van der Waals surface area contributed by atoms with Gasteiger partial charge in [0.05, 0.1) is 8.07 Å². The van der Waals surface area contributed by atoms with Crippen molar-refractivity contribution in [2.45, 2.75) is 128 Å². The highest BCUT2D eigenvalue weighted by Crippen LogP contribution is 2.70. The van der Waals surface area contributed by atoms with Gasteiger partial charge in [-0.15, -0.1) is 0 Å². The second-order valence-electron chi connectivity index (χ2n) is 12.8. The Morgan fingerprint density at radius 1 is 0.586 bits per heavy atom. The Bertz CT molecular complexity index is 519. The zero-order valence-corrected chi connectivity index (χ0v) is 21.2. The summed E-state index contributed by atoms with van der Waals surface area (Å²) in [7, 11) is -1.21. The van der Waals surface area contributed by atoms with Crippen LogP contribution in [0.25, 0.3) is 0 Å². The average Bonchev–Trinajstić information content (AvgIpc) is 3.43. The lowest BCUT2D eigenvalue weighted by molar-refractivity contribution is 0.187. The Morgan fingerprint density at radius 2 is 1.03 bits per heavy atom. The van der Waals surface area contributed by atoms with Gasteiger partial charge in [-0.05, 0) is 71.3 Å². The van der Waals surface area contributed by atoms with Crippen molar-refractivity contribution in [3.05, 3.63) is 0 Å². The zero-order valence-electron chi connectivity index (χ0n) is 20.2. The smallest absolute Gasteiger partial charge is 0.0609 e. The monoisotopic (exact) mass is 414 g/mol. The Morgan fingerprint density at radius 3 is 1.45 bits per heavy atom. The van der Waals surface area contributed by atoms with Crippen LogP contribution in [-0.4, -0.2) is 8.07 Å². The van der Waals surface area contributed by atoms with Crippen molar-refractivity contribution in [2.24, 2.45) is 47.3 Å². The van der Waals surface area contributed by atoms with Gasteiger partial charge < -0.3 is 0 Å². The molecular weight excluding hydrogens is 364 g/mol. The second kappa shape index (κ2) is 8.29. The lowest BCUT2D eigenvalue weighted by Gasteiger charge is -2.51. The molecule has 1 aliphatic heterocycles. The maximum atomic E-state index is 2.64. The predicted octanol–water partition coefficient (Wildman–Crippen LogP) is 8.93. The molecule has 0 amide bonds. The molecule has 0 spiro atoms. The molecule has 0 N–H and O–H groups in total. The molecule has 1 saturated heterocycles. The topological polar surface area (TPSA) is 0 Å². The first kappa shape index (κ1) is 21.1. The van der Waals surface area contributed by atoms with E-state index in [0.29, 0.717) is 0 Å². The zero-order chi connectivity index (χ0) is 20.2. The summed E-state index contributed by atoms with van der Waals surface area (Å²) in [5.41, 5.74) is 2.47. The number of hydrogen-bond donors (Lipinski definition) is 0. The molecule has 0 radical (unpaired) electrons. The van der Waals surface area contributed by atoms with E-state index in [2.05, 4.69) is 27.7 Å². The summed E-state index contributed by atoms with van der Waals surface area (Å²) in [6, 6.07) is 3.51. The molecule has 0 aromatic rings. The van der Waals surface area contributed by atoms with Crippen molar-refractivity contribution < 1.29 is 0 Å². The molecule has 0 aromatic carbocycles. The predicted molar refractivity (Wildman–Crippen MR) is 129 cm³/mol. The molecule has 5 fully saturated rings. The minimum atomic E-state index is -1.21. The first-order valence-electron chi connectivity index (χ1n) is 14.1. The fourth-order valence-corrected chi connectivity index (χ4v) is 20.0. The fraction of sp³-hybridized carbons (Fsp3) is 1.00. The van der Waals surface area contributed by atoms with E-state index < -0.39 is 8.07 Å². The summed E-state index contributed by atoms with van der Waals surface area (Å²) >= 11 is 0. The van der Waals surface area contributed by atoms with Gasteiger partial charge >= 0.3 is 0 Å². The van der Waals surface area contributed by atoms with Crippen LogP contribution in [0.4, 0.5) is 0 Å². The van der Waals surface area contributed by atoms with Gasteiger partial charge in [0.15, 0.2) is 0 Å². The van der Waals surface area contributed by atoms with Gasteiger partial charge in [-0.25, -0.2) is 0 Å². The van der Waals surface area contributed by atoms with Gasteiger partial charge in [-0.3, -0.25) is 0 Å². The molecule has 10 atom stereocenters. The Balaban J connectivity index is 1.54. The van der Waals surface area contributed by atoms with E-state index in [0.717, 1.165) is 47.3 Å². The van der Waals surface area contributed by atoms with Crippen molar-refractivity contribution in [3.63, 3.8) is 0 Å². The summed E-state index contributed by atoms with van der Waals surface area (Å²) in [4.78, 5) is 0. The normalized spacial score (nSPS) is 51.7. The van der Waals surface area contributed by atoms with Crippen molar-refractivity contribution in [1.29, 1.82) is 0 Å². The fourth-order valence-electron chi connectivity index (χ4n) is 11.0. The largest absolute Gasteiger partial charge is 0.0651 e. The molecule has 1 heteroatoms. The minimum absolute atomic E-state index is 1.04. The van der Waals surface area contributed by atoms with Crippen LogP contribution in [0.15, 0.2) is 0 Å². The summed E-state index contributed by atoms with van der Waals surface area (Å²) in [6.45, 7) is 10.4. The van der Waals surface area contributed by atoms with Crippen LogP contribution in [0.5, 0.6) is 0 Å². The highest BCUT2D eigenvalue weighted by molar-refractivity contribution is 6.83.